The summed E-state index contributed by atoms with van der Waals surface area (Å²) in [5.74, 6) is -0.670. The number of hydrogen-bond donors (Lipinski definition) is 2. The number of carbonyl (C=O) groups is 1. The Bertz CT molecular complexity index is 575. The van der Waals surface area contributed by atoms with E-state index in [-0.39, 0.29) is 5.03 Å². The molecule has 19 heavy (non-hydrogen) atoms. The van der Waals surface area contributed by atoms with Crippen LogP contribution in [0.1, 0.15) is 33.0 Å². The summed E-state index contributed by atoms with van der Waals surface area (Å²) in [6.07, 6.45) is 2.27. The van der Waals surface area contributed by atoms with Crippen LogP contribution in [0.2, 0.25) is 0 Å². The number of nitrogens with zero attached hydrogens (tertiary/aromatic N) is 2. The summed E-state index contributed by atoms with van der Waals surface area (Å²) in [4.78, 5) is 14.9. The van der Waals surface area contributed by atoms with E-state index >= 15 is 0 Å². The minimum absolute atomic E-state index is 0.159. The van der Waals surface area contributed by atoms with Crippen LogP contribution in [-0.2, 0) is 21.4 Å². The molecule has 7 nitrogen and oxygen atoms in total. The number of aliphatic carboxylic acids is 1. The lowest BCUT2D eigenvalue weighted by molar-refractivity contribution is -0.142. The summed E-state index contributed by atoms with van der Waals surface area (Å²) in [5.41, 5.74) is -1.58. The summed E-state index contributed by atoms with van der Waals surface area (Å²) in [5, 5.41) is 8.78. The van der Waals surface area contributed by atoms with Gasteiger partial charge in [0, 0.05) is 12.7 Å². The molecule has 0 spiro atoms. The molecule has 0 amide bonds. The fourth-order valence-electron chi connectivity index (χ4n) is 1.51. The average molecular weight is 289 g/mol. The van der Waals surface area contributed by atoms with Crippen LogP contribution >= 0.6 is 0 Å². The molecule has 1 aromatic heterocycles. The molecule has 0 fully saturated rings. The van der Waals surface area contributed by atoms with E-state index in [2.05, 4.69) is 9.71 Å². The molecule has 0 aliphatic carbocycles. The van der Waals surface area contributed by atoms with Gasteiger partial charge in [-0.2, -0.15) is 4.72 Å². The Hall–Kier alpha value is -1.41. The summed E-state index contributed by atoms with van der Waals surface area (Å²) < 4.78 is 28.0. The zero-order valence-corrected chi connectivity index (χ0v) is 12.3. The minimum atomic E-state index is -3.95. The molecule has 0 aliphatic rings. The minimum Gasteiger partial charge on any atom is -0.480 e. The third-order valence-electron chi connectivity index (χ3n) is 2.62. The molecular weight excluding hydrogens is 270 g/mol. The number of rotatable bonds is 6. The Kier molecular flexibility index (Phi) is 4.36. The van der Waals surface area contributed by atoms with Gasteiger partial charge < -0.3 is 9.67 Å². The molecule has 0 aromatic carbocycles. The molecule has 1 rings (SSSR count). The standard InChI is InChI=1S/C11H19N3O4S/c1-5-6-14-7-9(12-8(14)2)19(17,18)13-11(3,4)10(15)16/h7,13H,5-6H2,1-4H3,(H,15,16). The summed E-state index contributed by atoms with van der Waals surface area (Å²) >= 11 is 0. The van der Waals surface area contributed by atoms with Crippen molar-refractivity contribution in [1.82, 2.24) is 14.3 Å². The maximum Gasteiger partial charge on any atom is 0.324 e. The normalized spacial score (nSPS) is 12.6. The number of carboxylic acids is 1. The highest BCUT2D eigenvalue weighted by Gasteiger charge is 2.34. The van der Waals surface area contributed by atoms with Crippen molar-refractivity contribution in [2.24, 2.45) is 0 Å². The maximum absolute atomic E-state index is 12.1. The lowest BCUT2D eigenvalue weighted by Crippen LogP contribution is -2.49. The number of imidazole rings is 1. The van der Waals surface area contributed by atoms with Gasteiger partial charge in [-0.05, 0) is 27.2 Å². The van der Waals surface area contributed by atoms with Crippen molar-refractivity contribution in [3.8, 4) is 0 Å². The second-order valence-corrected chi connectivity index (χ2v) is 6.48. The molecule has 0 aliphatic heterocycles. The molecule has 108 valence electrons. The smallest absolute Gasteiger partial charge is 0.324 e. The van der Waals surface area contributed by atoms with Crippen molar-refractivity contribution in [1.29, 1.82) is 0 Å². The van der Waals surface area contributed by atoms with Crippen molar-refractivity contribution in [2.75, 3.05) is 0 Å². The van der Waals surface area contributed by atoms with Gasteiger partial charge in [0.05, 0.1) is 0 Å². The third kappa shape index (κ3) is 3.54. The van der Waals surface area contributed by atoms with Crippen molar-refractivity contribution in [3.63, 3.8) is 0 Å². The number of hydrogen-bond acceptors (Lipinski definition) is 4. The van der Waals surface area contributed by atoms with Crippen LogP contribution < -0.4 is 4.72 Å². The number of aryl methyl sites for hydroxylation is 2. The first-order valence-electron chi connectivity index (χ1n) is 5.91. The second-order valence-electron chi connectivity index (χ2n) is 4.86. The van der Waals surface area contributed by atoms with Crippen LogP contribution in [0.4, 0.5) is 0 Å². The van der Waals surface area contributed by atoms with E-state index in [9.17, 15) is 13.2 Å². The van der Waals surface area contributed by atoms with E-state index in [1.54, 1.807) is 11.5 Å². The molecule has 0 radical (unpaired) electrons. The van der Waals surface area contributed by atoms with Gasteiger partial charge in [-0.1, -0.05) is 6.92 Å². The first-order chi connectivity index (χ1) is 8.60. The van der Waals surface area contributed by atoms with Crippen LogP contribution in [0, 0.1) is 6.92 Å². The van der Waals surface area contributed by atoms with Gasteiger partial charge in [-0.25, -0.2) is 13.4 Å². The average Bonchev–Trinajstić information content (AvgIpc) is 2.60. The number of nitrogens with one attached hydrogen (secondary N) is 1. The molecule has 0 saturated heterocycles. The molecular formula is C11H19N3O4S. The van der Waals surface area contributed by atoms with Crippen molar-refractivity contribution >= 4 is 16.0 Å². The van der Waals surface area contributed by atoms with Gasteiger partial charge in [0.25, 0.3) is 10.0 Å². The number of sulfonamides is 1. The van der Waals surface area contributed by atoms with Gasteiger partial charge in [-0.15, -0.1) is 0 Å². The zero-order valence-electron chi connectivity index (χ0n) is 11.5. The molecule has 0 bridgehead atoms. The van der Waals surface area contributed by atoms with Crippen LogP contribution in [0.5, 0.6) is 0 Å². The first kappa shape index (κ1) is 15.6. The van der Waals surface area contributed by atoms with E-state index in [0.717, 1.165) is 6.42 Å². The highest BCUT2D eigenvalue weighted by molar-refractivity contribution is 7.89. The van der Waals surface area contributed by atoms with Crippen molar-refractivity contribution in [2.45, 2.75) is 51.2 Å². The van der Waals surface area contributed by atoms with Crippen LogP contribution in [0.3, 0.4) is 0 Å². The quantitative estimate of drug-likeness (QED) is 0.804. The molecule has 0 unspecified atom stereocenters. The van der Waals surface area contributed by atoms with Crippen LogP contribution in [0.25, 0.3) is 0 Å². The summed E-state index contributed by atoms with van der Waals surface area (Å²) in [6.45, 7) is 6.90. The molecule has 8 heteroatoms. The molecule has 0 saturated carbocycles. The van der Waals surface area contributed by atoms with E-state index < -0.39 is 21.5 Å². The lowest BCUT2D eigenvalue weighted by atomic mass is 10.1. The van der Waals surface area contributed by atoms with E-state index in [4.69, 9.17) is 5.11 Å². The van der Waals surface area contributed by atoms with Gasteiger partial charge in [0.1, 0.15) is 11.4 Å². The topological polar surface area (TPSA) is 101 Å². The predicted octanol–water partition coefficient (Wildman–Crippen LogP) is 0.743. The van der Waals surface area contributed by atoms with Gasteiger partial charge >= 0.3 is 5.97 Å². The molecule has 0 atom stereocenters. The van der Waals surface area contributed by atoms with Crippen molar-refractivity contribution in [3.05, 3.63) is 12.0 Å². The Balaban J connectivity index is 3.08. The van der Waals surface area contributed by atoms with E-state index in [1.807, 2.05) is 6.92 Å². The number of carboxylic acid groups (broad SMARTS) is 1. The highest BCUT2D eigenvalue weighted by atomic mass is 32.2. The van der Waals surface area contributed by atoms with Gasteiger partial charge in [-0.3, -0.25) is 4.79 Å². The second kappa shape index (κ2) is 5.30. The third-order valence-corrected chi connectivity index (χ3v) is 4.14. The Morgan fingerprint density at radius 2 is 2.11 bits per heavy atom. The zero-order chi connectivity index (χ0) is 14.8. The predicted molar refractivity (Wildman–Crippen MR) is 69.3 cm³/mol. The fraction of sp³-hybridized carbons (Fsp3) is 0.636. The monoisotopic (exact) mass is 289 g/mol. The van der Waals surface area contributed by atoms with E-state index in [1.165, 1.54) is 20.0 Å². The Labute approximate surface area is 112 Å². The molecule has 1 heterocycles. The number of aromatic nitrogens is 2. The molecule has 1 aromatic rings. The van der Waals surface area contributed by atoms with Crippen molar-refractivity contribution < 1.29 is 18.3 Å². The largest absolute Gasteiger partial charge is 0.480 e. The molecule has 2 N–H and O–H groups in total. The lowest BCUT2D eigenvalue weighted by Gasteiger charge is -2.19. The highest BCUT2D eigenvalue weighted by Crippen LogP contribution is 2.13. The fourth-order valence-corrected chi connectivity index (χ4v) is 2.89. The van der Waals surface area contributed by atoms with Crippen LogP contribution in [0.15, 0.2) is 11.2 Å². The maximum atomic E-state index is 12.1. The Morgan fingerprint density at radius 1 is 1.53 bits per heavy atom. The van der Waals surface area contributed by atoms with Gasteiger partial charge in [0.2, 0.25) is 0 Å². The van der Waals surface area contributed by atoms with Crippen LogP contribution in [-0.4, -0.2) is 34.6 Å². The SMILES string of the molecule is CCCn1cc(S(=O)(=O)NC(C)(C)C(=O)O)nc1C. The summed E-state index contributed by atoms with van der Waals surface area (Å²) in [6, 6.07) is 0. The van der Waals surface area contributed by atoms with E-state index in [0.29, 0.717) is 12.4 Å². The first-order valence-corrected chi connectivity index (χ1v) is 7.39. The van der Waals surface area contributed by atoms with Gasteiger partial charge in [0.15, 0.2) is 5.03 Å². The Morgan fingerprint density at radius 3 is 2.58 bits per heavy atom. The summed E-state index contributed by atoms with van der Waals surface area (Å²) in [7, 11) is -3.95.